The van der Waals surface area contributed by atoms with Gasteiger partial charge in [0, 0.05) is 26.8 Å². The van der Waals surface area contributed by atoms with E-state index in [9.17, 15) is 4.79 Å². The van der Waals surface area contributed by atoms with E-state index in [0.717, 1.165) is 11.3 Å². The first-order valence-electron chi connectivity index (χ1n) is 4.26. The van der Waals surface area contributed by atoms with Crippen molar-refractivity contribution in [1.82, 2.24) is 10.3 Å². The highest BCUT2D eigenvalue weighted by molar-refractivity contribution is 5.72. The van der Waals surface area contributed by atoms with E-state index in [0.29, 0.717) is 6.54 Å². The molecule has 0 aromatic carbocycles. The first-order chi connectivity index (χ1) is 6.09. The number of aromatic nitrogens is 1. The zero-order chi connectivity index (χ0) is 9.84. The molecule has 0 bridgehead atoms. The van der Waals surface area contributed by atoms with E-state index in [1.54, 1.807) is 6.20 Å². The van der Waals surface area contributed by atoms with Crippen LogP contribution in [0.2, 0.25) is 0 Å². The third-order valence-corrected chi connectivity index (χ3v) is 1.88. The molecule has 1 N–H and O–H groups in total. The third kappa shape index (κ3) is 2.86. The normalized spacial score (nSPS) is 9.77. The Morgan fingerprint density at radius 1 is 1.62 bits per heavy atom. The molecule has 0 fully saturated rings. The summed E-state index contributed by atoms with van der Waals surface area (Å²) in [4.78, 5) is 14.8. The molecular weight excluding hydrogens is 164 g/mol. The van der Waals surface area contributed by atoms with Gasteiger partial charge >= 0.3 is 0 Å². The second kappa shape index (κ2) is 4.03. The summed E-state index contributed by atoms with van der Waals surface area (Å²) in [6.45, 7) is 6.05. The number of hydrogen-bond donors (Lipinski definition) is 1. The highest BCUT2D eigenvalue weighted by atomic mass is 16.1. The maximum Gasteiger partial charge on any atom is 0.217 e. The van der Waals surface area contributed by atoms with Gasteiger partial charge in [-0.1, -0.05) is 0 Å². The number of nitrogens with zero attached hydrogens (tertiary/aromatic N) is 1. The number of carbonyl (C=O) groups is 1. The van der Waals surface area contributed by atoms with Gasteiger partial charge in [0.15, 0.2) is 0 Å². The molecule has 1 amide bonds. The molecular formula is C10H16N2O. The van der Waals surface area contributed by atoms with Gasteiger partial charge in [-0.3, -0.25) is 9.78 Å². The Morgan fingerprint density at radius 3 is 2.85 bits per heavy atom. The van der Waals surface area contributed by atoms with Crippen molar-refractivity contribution in [2.24, 2.45) is 0 Å². The second-order valence-electron chi connectivity index (χ2n) is 3.16. The molecule has 0 aliphatic heterocycles. The van der Waals surface area contributed by atoms with Crippen LogP contribution in [0.15, 0.2) is 12.3 Å². The van der Waals surface area contributed by atoms with E-state index < -0.39 is 0 Å². The lowest BCUT2D eigenvalue weighted by Crippen LogP contribution is -2.19. The van der Waals surface area contributed by atoms with Gasteiger partial charge in [-0.25, -0.2) is 0 Å². The summed E-state index contributed by atoms with van der Waals surface area (Å²) >= 11 is 0. The zero-order valence-corrected chi connectivity index (χ0v) is 8.22. The van der Waals surface area contributed by atoms with E-state index in [1.807, 2.05) is 19.9 Å². The monoisotopic (exact) mass is 180 g/mol. The van der Waals surface area contributed by atoms with Crippen molar-refractivity contribution in [3.63, 3.8) is 0 Å². The van der Waals surface area contributed by atoms with Crippen LogP contribution >= 0.6 is 0 Å². The van der Waals surface area contributed by atoms with Gasteiger partial charge in [-0.2, -0.15) is 0 Å². The van der Waals surface area contributed by atoms with Gasteiger partial charge in [-0.05, 0) is 31.0 Å². The van der Waals surface area contributed by atoms with Crippen LogP contribution in [0.1, 0.15) is 25.2 Å². The molecule has 3 nitrogen and oxygen atoms in total. The van der Waals surface area contributed by atoms with Crippen molar-refractivity contribution in [3.05, 3.63) is 29.1 Å². The Balaban J connectivity index is 0.00000169. The van der Waals surface area contributed by atoms with Gasteiger partial charge in [0.05, 0.1) is 0 Å². The largest absolute Gasteiger partial charge is 0.352 e. The smallest absolute Gasteiger partial charge is 0.217 e. The summed E-state index contributed by atoms with van der Waals surface area (Å²) < 4.78 is 0. The summed E-state index contributed by atoms with van der Waals surface area (Å²) in [7, 11) is 0. The summed E-state index contributed by atoms with van der Waals surface area (Å²) in [6, 6.07) is 2.01. The third-order valence-electron chi connectivity index (χ3n) is 1.88. The lowest BCUT2D eigenvalue weighted by atomic mass is 10.1. The number of carbonyl (C=O) groups excluding carboxylic acids is 1. The average molecular weight is 180 g/mol. The molecule has 3 heteroatoms. The predicted molar refractivity (Wildman–Crippen MR) is 53.3 cm³/mol. The van der Waals surface area contributed by atoms with Crippen LogP contribution in [-0.2, 0) is 11.3 Å². The first kappa shape index (κ1) is 9.71. The summed E-state index contributed by atoms with van der Waals surface area (Å²) in [5, 5.41) is 2.74. The van der Waals surface area contributed by atoms with Crippen molar-refractivity contribution in [1.29, 1.82) is 0 Å². The fourth-order valence-electron chi connectivity index (χ4n) is 1.13. The van der Waals surface area contributed by atoms with Gasteiger partial charge < -0.3 is 5.32 Å². The molecule has 0 radical (unpaired) electrons. The molecule has 0 aliphatic carbocycles. The van der Waals surface area contributed by atoms with Gasteiger partial charge in [0.1, 0.15) is 0 Å². The number of aryl methyl sites for hydroxylation is 2. The summed E-state index contributed by atoms with van der Waals surface area (Å²) in [5.74, 6) is -0.0139. The average Bonchev–Trinajstić information content (AvgIpc) is 2.02. The number of nitrogens with one attached hydrogen (secondary N) is 1. The van der Waals surface area contributed by atoms with Crippen LogP contribution in [0.5, 0.6) is 0 Å². The predicted octanol–water partition coefficient (Wildman–Crippen LogP) is 1.58. The molecule has 0 saturated carbocycles. The molecule has 0 saturated heterocycles. The van der Waals surface area contributed by atoms with Gasteiger partial charge in [0.2, 0.25) is 5.91 Å². The Bertz CT molecular complexity index is 326. The Morgan fingerprint density at radius 2 is 2.31 bits per heavy atom. The standard InChI is InChI=1S/C10H14N2O.H2/c1-7-4-8(2)11-5-10(7)6-12-9(3)13;/h4-5H,6H2,1-3H3,(H,12,13);1H. The highest BCUT2D eigenvalue weighted by Crippen LogP contribution is 2.06. The number of rotatable bonds is 2. The number of pyridine rings is 1. The van der Waals surface area contributed by atoms with Crippen molar-refractivity contribution in [2.45, 2.75) is 27.3 Å². The maximum absolute atomic E-state index is 10.7. The van der Waals surface area contributed by atoms with E-state index >= 15 is 0 Å². The number of hydrogen-bond acceptors (Lipinski definition) is 2. The molecule has 1 aromatic heterocycles. The quantitative estimate of drug-likeness (QED) is 0.750. The summed E-state index contributed by atoms with van der Waals surface area (Å²) in [5.41, 5.74) is 3.24. The molecule has 0 aliphatic rings. The molecule has 72 valence electrons. The topological polar surface area (TPSA) is 42.0 Å². The van der Waals surface area contributed by atoms with Gasteiger partial charge in [-0.15, -0.1) is 0 Å². The first-order valence-corrected chi connectivity index (χ1v) is 4.26. The molecule has 0 atom stereocenters. The van der Waals surface area contributed by atoms with Crippen LogP contribution < -0.4 is 5.32 Å². The molecule has 0 spiro atoms. The lowest BCUT2D eigenvalue weighted by molar-refractivity contribution is -0.119. The van der Waals surface area contributed by atoms with Crippen LogP contribution in [0.4, 0.5) is 0 Å². The van der Waals surface area contributed by atoms with Crippen LogP contribution in [0, 0.1) is 13.8 Å². The molecule has 13 heavy (non-hydrogen) atoms. The molecule has 1 aromatic rings. The van der Waals surface area contributed by atoms with Crippen molar-refractivity contribution in [2.75, 3.05) is 0 Å². The minimum absolute atomic E-state index is 0. The van der Waals surface area contributed by atoms with Crippen molar-refractivity contribution >= 4 is 5.91 Å². The van der Waals surface area contributed by atoms with Crippen LogP contribution in [0.3, 0.4) is 0 Å². The van der Waals surface area contributed by atoms with E-state index in [2.05, 4.69) is 10.3 Å². The summed E-state index contributed by atoms with van der Waals surface area (Å²) in [6.07, 6.45) is 1.81. The fraction of sp³-hybridized carbons (Fsp3) is 0.400. The molecule has 1 rings (SSSR count). The maximum atomic E-state index is 10.7. The Kier molecular flexibility index (Phi) is 3.01. The van der Waals surface area contributed by atoms with Crippen LogP contribution in [0.25, 0.3) is 0 Å². The zero-order valence-electron chi connectivity index (χ0n) is 8.22. The van der Waals surface area contributed by atoms with E-state index in [4.69, 9.17) is 0 Å². The SMILES string of the molecule is CC(=O)NCc1cnc(C)cc1C.[HH]. The Hall–Kier alpha value is -1.38. The lowest BCUT2D eigenvalue weighted by Gasteiger charge is -2.06. The minimum Gasteiger partial charge on any atom is -0.352 e. The fourth-order valence-corrected chi connectivity index (χ4v) is 1.13. The number of amides is 1. The minimum atomic E-state index is -0.0139. The van der Waals surface area contributed by atoms with Crippen molar-refractivity contribution in [3.8, 4) is 0 Å². The van der Waals surface area contributed by atoms with E-state index in [1.165, 1.54) is 12.5 Å². The van der Waals surface area contributed by atoms with Gasteiger partial charge in [0.25, 0.3) is 0 Å². The Labute approximate surface area is 79.7 Å². The van der Waals surface area contributed by atoms with Crippen molar-refractivity contribution < 1.29 is 6.22 Å². The molecule has 0 unspecified atom stereocenters. The second-order valence-corrected chi connectivity index (χ2v) is 3.16. The van der Waals surface area contributed by atoms with E-state index in [-0.39, 0.29) is 7.33 Å². The highest BCUT2D eigenvalue weighted by Gasteiger charge is 1.99. The molecule has 1 heterocycles. The van der Waals surface area contributed by atoms with Crippen LogP contribution in [-0.4, -0.2) is 10.9 Å².